The van der Waals surface area contributed by atoms with Crippen LogP contribution in [0.5, 0.6) is 0 Å². The summed E-state index contributed by atoms with van der Waals surface area (Å²) in [4.78, 5) is 50.1. The number of carboxylic acids is 1. The number of aromatic nitrogens is 3. The maximum absolute atomic E-state index is 13.5. The Hall–Kier alpha value is -4.63. The Bertz CT molecular complexity index is 1800. The Morgan fingerprint density at radius 1 is 0.878 bits per heavy atom. The molecule has 0 unspecified atom stereocenters. The van der Waals surface area contributed by atoms with Crippen LogP contribution in [0.25, 0.3) is 44.5 Å². The molecular weight excluding hydrogens is 586 g/mol. The first kappa shape index (κ1) is 29.4. The number of carbonyl (C=O) groups excluding carboxylic acids is 2. The summed E-state index contributed by atoms with van der Waals surface area (Å²) in [5.41, 5.74) is 4.80. The van der Waals surface area contributed by atoms with E-state index in [-0.39, 0.29) is 24.2 Å². The van der Waals surface area contributed by atoms with Crippen LogP contribution in [0.3, 0.4) is 0 Å². The van der Waals surface area contributed by atoms with E-state index in [2.05, 4.69) is 26.0 Å². The molecule has 0 aliphatic carbocycles. The van der Waals surface area contributed by atoms with Gasteiger partial charge in [-0.15, -0.1) is 0 Å². The number of hydrogen-bond acceptors (Lipinski definition) is 5. The van der Waals surface area contributed by atoms with Crippen LogP contribution in [-0.4, -0.2) is 37.5 Å². The minimum atomic E-state index is -1.07. The number of Topliss-reactive ketones (excluding diaryl/α,β-unsaturated/α-hetero) is 1. The largest absolute Gasteiger partial charge is 0.481 e. The fourth-order valence-corrected chi connectivity index (χ4v) is 4.66. The quantitative estimate of drug-likeness (QED) is 0.215. The van der Waals surface area contributed by atoms with Crippen LogP contribution >= 0.6 is 15.9 Å². The predicted molar refractivity (Wildman–Crippen MR) is 163 cm³/mol. The molecule has 0 radical (unpaired) electrons. The molecule has 41 heavy (non-hydrogen) atoms. The van der Waals surface area contributed by atoms with Crippen molar-refractivity contribution in [1.29, 1.82) is 0 Å². The third-order valence-corrected chi connectivity index (χ3v) is 6.66. The maximum Gasteiger partial charge on any atom is 0.303 e. The molecule has 5 aromatic rings. The van der Waals surface area contributed by atoms with E-state index in [1.54, 1.807) is 6.07 Å². The van der Waals surface area contributed by atoms with Crippen LogP contribution in [0.1, 0.15) is 37.0 Å². The summed E-state index contributed by atoms with van der Waals surface area (Å²) >= 11 is 3.42. The molecule has 8 nitrogen and oxygen atoms in total. The molecule has 0 fully saturated rings. The highest BCUT2D eigenvalue weighted by molar-refractivity contribution is 9.10. The molecule has 0 bridgehead atoms. The zero-order valence-corrected chi connectivity index (χ0v) is 24.4. The monoisotopic (exact) mass is 613 g/mol. The van der Waals surface area contributed by atoms with E-state index in [0.717, 1.165) is 21.0 Å². The average molecular weight is 614 g/mol. The van der Waals surface area contributed by atoms with Crippen LogP contribution in [0.2, 0.25) is 0 Å². The number of rotatable bonds is 6. The van der Waals surface area contributed by atoms with Gasteiger partial charge in [-0.1, -0.05) is 70.0 Å². The van der Waals surface area contributed by atoms with E-state index in [0.29, 0.717) is 33.6 Å². The summed E-state index contributed by atoms with van der Waals surface area (Å²) in [6.45, 7) is 5.04. The third-order valence-electron chi connectivity index (χ3n) is 6.13. The zero-order valence-electron chi connectivity index (χ0n) is 22.8. The molecule has 5 rings (SSSR count). The van der Waals surface area contributed by atoms with Gasteiger partial charge < -0.3 is 14.9 Å². The van der Waals surface area contributed by atoms with Crippen LogP contribution in [0.4, 0.5) is 0 Å². The first-order valence-corrected chi connectivity index (χ1v) is 13.6. The molecule has 0 atom stereocenters. The number of fused-ring (bicyclic) bond motifs is 1. The number of nitrogens with one attached hydrogen (secondary N) is 1. The highest BCUT2D eigenvalue weighted by Crippen LogP contribution is 2.36. The number of ketones is 1. The molecule has 208 valence electrons. The van der Waals surface area contributed by atoms with Crippen molar-refractivity contribution in [2.45, 2.75) is 33.6 Å². The Labute approximate surface area is 244 Å². The smallest absolute Gasteiger partial charge is 0.303 e. The second-order valence-corrected chi connectivity index (χ2v) is 10.6. The van der Waals surface area contributed by atoms with Crippen molar-refractivity contribution in [2.24, 2.45) is 0 Å². The molecular formula is C32H28BrN3O5. The van der Waals surface area contributed by atoms with Crippen molar-refractivity contribution in [3.05, 3.63) is 99.3 Å². The number of aromatic amines is 1. The van der Waals surface area contributed by atoms with Gasteiger partial charge in [-0.05, 0) is 56.7 Å². The van der Waals surface area contributed by atoms with Crippen LogP contribution in [0.15, 0.2) is 88.1 Å². The predicted octanol–water partition coefficient (Wildman–Crippen LogP) is 6.90. The lowest BCUT2D eigenvalue weighted by Gasteiger charge is -2.12. The number of carbonyl (C=O) groups is 3. The Morgan fingerprint density at radius 2 is 1.54 bits per heavy atom. The van der Waals surface area contributed by atoms with E-state index in [1.165, 1.54) is 18.5 Å². The molecule has 2 aromatic heterocycles. The average Bonchev–Trinajstić information content (AvgIpc) is 3.37. The van der Waals surface area contributed by atoms with E-state index in [4.69, 9.17) is 5.11 Å². The van der Waals surface area contributed by atoms with Crippen molar-refractivity contribution in [1.82, 2.24) is 14.8 Å². The van der Waals surface area contributed by atoms with Gasteiger partial charge in [0.1, 0.15) is 5.78 Å². The molecule has 3 aromatic carbocycles. The molecule has 0 spiro atoms. The number of halogens is 1. The molecule has 0 amide bonds. The molecule has 9 heteroatoms. The minimum Gasteiger partial charge on any atom is -0.481 e. The number of pyridine rings is 1. The van der Waals surface area contributed by atoms with E-state index >= 15 is 0 Å². The molecule has 0 aliphatic rings. The summed E-state index contributed by atoms with van der Waals surface area (Å²) in [5.74, 6) is -1.38. The molecule has 2 N–H and O–H groups in total. The van der Waals surface area contributed by atoms with Crippen molar-refractivity contribution in [2.75, 3.05) is 0 Å². The van der Waals surface area contributed by atoms with Crippen molar-refractivity contribution >= 4 is 44.5 Å². The lowest BCUT2D eigenvalue weighted by Crippen LogP contribution is -2.16. The second kappa shape index (κ2) is 12.7. The normalized spacial score (nSPS) is 10.6. The van der Waals surface area contributed by atoms with Gasteiger partial charge in [-0.3, -0.25) is 14.4 Å². The number of aryl methyl sites for hydroxylation is 1. The zero-order chi connectivity index (χ0) is 29.7. The number of carboxylic acid groups (broad SMARTS) is 1. The standard InChI is InChI=1S/C29H22BrN3O4.C3H6O/c1-17-7-12-22-21(15-17)27(19-5-3-2-4-6-19)28(29(37)31-22)23-16-24(18-8-10-20(30)11-9-18)33(32-23)25(34)13-14-26(35)36;1-3(2)4/h2-12,15-16H,13-14H2,1H3,(H,31,37)(H,35,36);1-2H3. The van der Waals surface area contributed by atoms with Gasteiger partial charge in [0.2, 0.25) is 5.91 Å². The number of benzene rings is 3. The Balaban J connectivity index is 0.000000909. The second-order valence-electron chi connectivity index (χ2n) is 9.65. The van der Waals surface area contributed by atoms with Gasteiger partial charge >= 0.3 is 5.97 Å². The van der Waals surface area contributed by atoms with Crippen molar-refractivity contribution in [3.63, 3.8) is 0 Å². The summed E-state index contributed by atoms with van der Waals surface area (Å²) in [6.07, 6.45) is -0.544. The lowest BCUT2D eigenvalue weighted by atomic mass is 9.93. The van der Waals surface area contributed by atoms with Crippen molar-refractivity contribution < 1.29 is 19.5 Å². The van der Waals surface area contributed by atoms with Crippen LogP contribution in [-0.2, 0) is 9.59 Å². The van der Waals surface area contributed by atoms with Crippen LogP contribution < -0.4 is 5.56 Å². The van der Waals surface area contributed by atoms with Gasteiger partial charge in [-0.25, -0.2) is 0 Å². The Kier molecular flexibility index (Phi) is 9.09. The molecule has 0 aliphatic heterocycles. The third kappa shape index (κ3) is 6.93. The number of aliphatic carboxylic acids is 1. The fourth-order valence-electron chi connectivity index (χ4n) is 4.40. The SMILES string of the molecule is CC(C)=O.Cc1ccc2[nH]c(=O)c(-c3cc(-c4ccc(Br)cc4)n(C(=O)CCC(=O)O)n3)c(-c3ccccc3)c2c1. The lowest BCUT2D eigenvalue weighted by molar-refractivity contribution is -0.137. The fraction of sp³-hybridized carbons (Fsp3) is 0.156. The highest BCUT2D eigenvalue weighted by atomic mass is 79.9. The summed E-state index contributed by atoms with van der Waals surface area (Å²) < 4.78 is 2.07. The molecule has 0 saturated heterocycles. The van der Waals surface area contributed by atoms with E-state index < -0.39 is 11.9 Å². The van der Waals surface area contributed by atoms with Gasteiger partial charge in [0, 0.05) is 32.9 Å². The molecule has 0 saturated carbocycles. The number of hydrogen-bond donors (Lipinski definition) is 2. The number of nitrogens with zero attached hydrogens (tertiary/aromatic N) is 2. The number of H-pyrrole nitrogens is 1. The first-order chi connectivity index (χ1) is 19.5. The summed E-state index contributed by atoms with van der Waals surface area (Å²) in [5, 5.41) is 14.5. The Morgan fingerprint density at radius 3 is 2.17 bits per heavy atom. The van der Waals surface area contributed by atoms with Gasteiger partial charge in [0.05, 0.1) is 23.4 Å². The van der Waals surface area contributed by atoms with Gasteiger partial charge in [0.25, 0.3) is 5.56 Å². The van der Waals surface area contributed by atoms with Crippen molar-refractivity contribution in [3.8, 4) is 33.6 Å². The van der Waals surface area contributed by atoms with E-state index in [1.807, 2.05) is 79.7 Å². The first-order valence-electron chi connectivity index (χ1n) is 12.9. The van der Waals surface area contributed by atoms with E-state index in [9.17, 15) is 19.2 Å². The summed E-state index contributed by atoms with van der Waals surface area (Å²) in [7, 11) is 0. The maximum atomic E-state index is 13.5. The molecule has 2 heterocycles. The van der Waals surface area contributed by atoms with Gasteiger partial charge in [0.15, 0.2) is 0 Å². The van der Waals surface area contributed by atoms with Crippen LogP contribution in [0, 0.1) is 6.92 Å². The highest BCUT2D eigenvalue weighted by Gasteiger charge is 2.23. The topological polar surface area (TPSA) is 122 Å². The minimum absolute atomic E-state index is 0.167. The van der Waals surface area contributed by atoms with Gasteiger partial charge in [-0.2, -0.15) is 9.78 Å². The summed E-state index contributed by atoms with van der Waals surface area (Å²) in [6, 6.07) is 24.5.